The van der Waals surface area contributed by atoms with E-state index in [9.17, 15) is 4.79 Å². The number of methoxy groups -OCH3 is 1. The normalized spacial score (nSPS) is 10.7. The molecule has 20 heavy (non-hydrogen) atoms. The number of ether oxygens (including phenoxy) is 1. The molecule has 1 heterocycles. The molecule has 0 atom stereocenters. The predicted molar refractivity (Wildman–Crippen MR) is 79.5 cm³/mol. The van der Waals surface area contributed by atoms with Crippen molar-refractivity contribution in [2.24, 2.45) is 0 Å². The molecule has 0 saturated heterocycles. The number of nitrogens with one attached hydrogen (secondary N) is 1. The van der Waals surface area contributed by atoms with E-state index in [1.165, 1.54) is 0 Å². The second-order valence-corrected chi connectivity index (χ2v) is 4.83. The highest BCUT2D eigenvalue weighted by atomic mass is 16.5. The first-order valence-corrected chi connectivity index (χ1v) is 6.45. The number of H-pyrrole nitrogens is 1. The topological polar surface area (TPSA) is 42.1 Å². The zero-order valence-electron chi connectivity index (χ0n) is 11.4. The first-order chi connectivity index (χ1) is 9.67. The molecule has 3 rings (SSSR count). The lowest BCUT2D eigenvalue weighted by Gasteiger charge is -1.99. The highest BCUT2D eigenvalue weighted by Crippen LogP contribution is 2.22. The molecule has 0 bridgehead atoms. The van der Waals surface area contributed by atoms with Crippen molar-refractivity contribution in [2.45, 2.75) is 6.92 Å². The Hall–Kier alpha value is -2.55. The zero-order chi connectivity index (χ0) is 14.1. The number of aromatic nitrogens is 1. The van der Waals surface area contributed by atoms with Crippen LogP contribution in [0.15, 0.2) is 48.5 Å². The Morgan fingerprint density at radius 3 is 2.50 bits per heavy atom. The van der Waals surface area contributed by atoms with Crippen LogP contribution in [0.4, 0.5) is 0 Å². The van der Waals surface area contributed by atoms with Crippen LogP contribution in [0.25, 0.3) is 10.9 Å². The van der Waals surface area contributed by atoms with Crippen molar-refractivity contribution in [3.63, 3.8) is 0 Å². The Bertz CT molecular complexity index is 769. The highest BCUT2D eigenvalue weighted by molar-refractivity contribution is 6.10. The number of rotatable bonds is 3. The SMILES string of the molecule is COc1ccc2cc(C(=O)c3ccc(C)cc3)[nH]c2c1. The van der Waals surface area contributed by atoms with Crippen molar-refractivity contribution < 1.29 is 9.53 Å². The summed E-state index contributed by atoms with van der Waals surface area (Å²) in [4.78, 5) is 15.6. The smallest absolute Gasteiger partial charge is 0.209 e. The van der Waals surface area contributed by atoms with E-state index in [1.54, 1.807) is 7.11 Å². The molecule has 1 aromatic heterocycles. The van der Waals surface area contributed by atoms with Crippen LogP contribution in [0.3, 0.4) is 0 Å². The van der Waals surface area contributed by atoms with Gasteiger partial charge in [0, 0.05) is 22.5 Å². The van der Waals surface area contributed by atoms with Crippen LogP contribution in [0.2, 0.25) is 0 Å². The first-order valence-electron chi connectivity index (χ1n) is 6.45. The average Bonchev–Trinajstić information content (AvgIpc) is 2.90. The summed E-state index contributed by atoms with van der Waals surface area (Å²) in [7, 11) is 1.63. The molecule has 0 fully saturated rings. The second-order valence-electron chi connectivity index (χ2n) is 4.83. The van der Waals surface area contributed by atoms with Gasteiger partial charge in [-0.2, -0.15) is 0 Å². The van der Waals surface area contributed by atoms with Gasteiger partial charge in [0.2, 0.25) is 5.78 Å². The maximum atomic E-state index is 12.4. The minimum Gasteiger partial charge on any atom is -0.497 e. The summed E-state index contributed by atoms with van der Waals surface area (Å²) >= 11 is 0. The van der Waals surface area contributed by atoms with Crippen LogP contribution >= 0.6 is 0 Å². The number of carbonyl (C=O) groups excluding carboxylic acids is 1. The van der Waals surface area contributed by atoms with E-state index in [1.807, 2.05) is 55.5 Å². The number of aromatic amines is 1. The van der Waals surface area contributed by atoms with Gasteiger partial charge in [-0.25, -0.2) is 0 Å². The van der Waals surface area contributed by atoms with Gasteiger partial charge in [-0.1, -0.05) is 29.8 Å². The summed E-state index contributed by atoms with van der Waals surface area (Å²) in [5.41, 5.74) is 3.33. The summed E-state index contributed by atoms with van der Waals surface area (Å²) in [6.45, 7) is 2.00. The maximum Gasteiger partial charge on any atom is 0.209 e. The second kappa shape index (κ2) is 4.85. The molecule has 0 unspecified atom stereocenters. The maximum absolute atomic E-state index is 12.4. The number of aryl methyl sites for hydroxylation is 1. The van der Waals surface area contributed by atoms with E-state index < -0.39 is 0 Å². The van der Waals surface area contributed by atoms with Crippen LogP contribution in [0.5, 0.6) is 5.75 Å². The zero-order valence-corrected chi connectivity index (χ0v) is 11.4. The van der Waals surface area contributed by atoms with Crippen LogP contribution in [0, 0.1) is 6.92 Å². The molecule has 0 aliphatic rings. The lowest BCUT2D eigenvalue weighted by Crippen LogP contribution is -2.01. The molecule has 3 nitrogen and oxygen atoms in total. The number of ketones is 1. The largest absolute Gasteiger partial charge is 0.497 e. The Balaban J connectivity index is 2.01. The molecule has 0 amide bonds. The molecule has 1 N–H and O–H groups in total. The monoisotopic (exact) mass is 265 g/mol. The summed E-state index contributed by atoms with van der Waals surface area (Å²) in [6, 6.07) is 15.2. The molecule has 0 radical (unpaired) electrons. The first kappa shape index (κ1) is 12.5. The van der Waals surface area contributed by atoms with E-state index in [2.05, 4.69) is 4.98 Å². The van der Waals surface area contributed by atoms with Gasteiger partial charge in [0.15, 0.2) is 0 Å². The quantitative estimate of drug-likeness (QED) is 0.733. The molecule has 3 heteroatoms. The summed E-state index contributed by atoms with van der Waals surface area (Å²) in [5, 5.41) is 1.00. The molecular formula is C17H15NO2. The number of hydrogen-bond donors (Lipinski definition) is 1. The van der Waals surface area contributed by atoms with Gasteiger partial charge in [0.05, 0.1) is 12.8 Å². The predicted octanol–water partition coefficient (Wildman–Crippen LogP) is 3.72. The van der Waals surface area contributed by atoms with E-state index in [4.69, 9.17) is 4.74 Å². The summed E-state index contributed by atoms with van der Waals surface area (Å²) in [6.07, 6.45) is 0. The molecule has 100 valence electrons. The van der Waals surface area contributed by atoms with Gasteiger partial charge >= 0.3 is 0 Å². The Morgan fingerprint density at radius 1 is 1.05 bits per heavy atom. The molecule has 2 aromatic carbocycles. The lowest BCUT2D eigenvalue weighted by molar-refractivity contribution is 0.103. The third-order valence-electron chi connectivity index (χ3n) is 3.39. The molecule has 0 aliphatic carbocycles. The number of hydrogen-bond acceptors (Lipinski definition) is 2. The number of carbonyl (C=O) groups is 1. The average molecular weight is 265 g/mol. The van der Waals surface area contributed by atoms with Crippen LogP contribution in [-0.4, -0.2) is 17.9 Å². The van der Waals surface area contributed by atoms with Crippen molar-refractivity contribution in [2.75, 3.05) is 7.11 Å². The molecule has 0 spiro atoms. The van der Waals surface area contributed by atoms with E-state index >= 15 is 0 Å². The van der Waals surface area contributed by atoms with Gasteiger partial charge in [-0.3, -0.25) is 4.79 Å². The Morgan fingerprint density at radius 2 is 1.80 bits per heavy atom. The Labute approximate surface area is 117 Å². The molecule has 0 aliphatic heterocycles. The standard InChI is InChI=1S/C17H15NO2/c1-11-3-5-12(6-4-11)17(19)16-9-13-7-8-14(20-2)10-15(13)18-16/h3-10,18H,1-2H3. The fourth-order valence-electron chi connectivity index (χ4n) is 2.22. The van der Waals surface area contributed by atoms with Crippen LogP contribution in [0.1, 0.15) is 21.6 Å². The van der Waals surface area contributed by atoms with Gasteiger partial charge in [-0.05, 0) is 25.1 Å². The van der Waals surface area contributed by atoms with Crippen LogP contribution < -0.4 is 4.74 Å². The van der Waals surface area contributed by atoms with Crippen LogP contribution in [-0.2, 0) is 0 Å². The fourth-order valence-corrected chi connectivity index (χ4v) is 2.22. The molecule has 0 saturated carbocycles. The number of benzene rings is 2. The van der Waals surface area contributed by atoms with Gasteiger partial charge in [-0.15, -0.1) is 0 Å². The van der Waals surface area contributed by atoms with E-state index in [0.717, 1.165) is 22.2 Å². The van der Waals surface area contributed by atoms with Gasteiger partial charge in [0.25, 0.3) is 0 Å². The van der Waals surface area contributed by atoms with Crippen molar-refractivity contribution in [1.29, 1.82) is 0 Å². The summed E-state index contributed by atoms with van der Waals surface area (Å²) in [5.74, 6) is 0.772. The van der Waals surface area contributed by atoms with Crippen molar-refractivity contribution >= 4 is 16.7 Å². The third-order valence-corrected chi connectivity index (χ3v) is 3.39. The highest BCUT2D eigenvalue weighted by Gasteiger charge is 2.12. The minimum absolute atomic E-state index is 0.000154. The van der Waals surface area contributed by atoms with Crippen molar-refractivity contribution in [3.05, 3.63) is 65.4 Å². The minimum atomic E-state index is 0.000154. The summed E-state index contributed by atoms with van der Waals surface area (Å²) < 4.78 is 5.18. The van der Waals surface area contributed by atoms with Gasteiger partial charge < -0.3 is 9.72 Å². The third kappa shape index (κ3) is 2.18. The Kier molecular flexibility index (Phi) is 3.03. The van der Waals surface area contributed by atoms with Crippen molar-refractivity contribution in [3.8, 4) is 5.75 Å². The lowest BCUT2D eigenvalue weighted by atomic mass is 10.1. The van der Waals surface area contributed by atoms with Crippen molar-refractivity contribution in [1.82, 2.24) is 4.98 Å². The van der Waals surface area contributed by atoms with E-state index in [-0.39, 0.29) is 5.78 Å². The van der Waals surface area contributed by atoms with E-state index in [0.29, 0.717) is 11.3 Å². The molecule has 3 aromatic rings. The van der Waals surface area contributed by atoms with Gasteiger partial charge in [0.1, 0.15) is 5.75 Å². The molecular weight excluding hydrogens is 250 g/mol. The fraction of sp³-hybridized carbons (Fsp3) is 0.118. The number of fused-ring (bicyclic) bond motifs is 1.